The minimum atomic E-state index is 0.0789. The Morgan fingerprint density at radius 2 is 1.88 bits per heavy atom. The van der Waals surface area contributed by atoms with E-state index in [1.54, 1.807) is 4.68 Å². The number of nitrogens with zero attached hydrogens (tertiary/aromatic N) is 4. The molecule has 1 saturated heterocycles. The highest BCUT2D eigenvalue weighted by molar-refractivity contribution is 5.95. The number of rotatable bonds is 5. The number of carbonyl (C=O) groups is 1. The second kappa shape index (κ2) is 9.38. The zero-order chi connectivity index (χ0) is 21.9. The second-order valence-electron chi connectivity index (χ2n) is 9.15. The number of aromatic nitrogens is 3. The second-order valence-corrected chi connectivity index (χ2v) is 9.15. The van der Waals surface area contributed by atoms with Gasteiger partial charge in [-0.3, -0.25) is 14.4 Å². The van der Waals surface area contributed by atoms with Crippen molar-refractivity contribution < 1.29 is 9.53 Å². The van der Waals surface area contributed by atoms with E-state index in [0.717, 1.165) is 80.4 Å². The van der Waals surface area contributed by atoms with Crippen LogP contribution in [0.5, 0.6) is 0 Å². The van der Waals surface area contributed by atoms with Gasteiger partial charge in [0, 0.05) is 55.9 Å². The molecule has 2 fully saturated rings. The number of amides is 1. The van der Waals surface area contributed by atoms with Crippen molar-refractivity contribution >= 4 is 22.5 Å². The summed E-state index contributed by atoms with van der Waals surface area (Å²) in [6, 6.07) is 8.23. The van der Waals surface area contributed by atoms with Crippen LogP contribution in [0.4, 0.5) is 5.82 Å². The number of morpholine rings is 1. The number of ether oxygens (including phenoxy) is 1. The number of benzene rings is 1. The Hall–Kier alpha value is -2.77. The standard InChI is InChI=1S/C25H31N5O2/c1-29-17-23(15-27-29)20-6-7-21-14-26-24(13-22(21)12-20)28-25(31)19-4-2-18(3-5-19)16-30-8-10-32-11-9-30/h6-7,12-15,17-19H,2-5,8-11,16H2,1H3,(H,26,28,31)/t18-,19+. The van der Waals surface area contributed by atoms with Crippen LogP contribution in [-0.4, -0.2) is 58.4 Å². The lowest BCUT2D eigenvalue weighted by molar-refractivity contribution is -0.121. The topological polar surface area (TPSA) is 72.3 Å². The van der Waals surface area contributed by atoms with E-state index in [1.165, 1.54) is 0 Å². The quantitative estimate of drug-likeness (QED) is 0.664. The summed E-state index contributed by atoms with van der Waals surface area (Å²) in [6.07, 6.45) is 9.85. The zero-order valence-corrected chi connectivity index (χ0v) is 18.7. The summed E-state index contributed by atoms with van der Waals surface area (Å²) in [5.41, 5.74) is 2.18. The molecule has 5 rings (SSSR count). The Kier molecular flexibility index (Phi) is 6.19. The summed E-state index contributed by atoms with van der Waals surface area (Å²) in [5.74, 6) is 1.50. The first-order valence-corrected chi connectivity index (χ1v) is 11.6. The van der Waals surface area contributed by atoms with Gasteiger partial charge >= 0.3 is 0 Å². The molecule has 0 spiro atoms. The summed E-state index contributed by atoms with van der Waals surface area (Å²) in [7, 11) is 1.91. The molecule has 32 heavy (non-hydrogen) atoms. The molecule has 0 bridgehead atoms. The smallest absolute Gasteiger partial charge is 0.228 e. The van der Waals surface area contributed by atoms with Crippen molar-refractivity contribution in [2.75, 3.05) is 38.2 Å². The van der Waals surface area contributed by atoms with Crippen LogP contribution in [0.1, 0.15) is 25.7 Å². The average Bonchev–Trinajstić information content (AvgIpc) is 3.26. The maximum absolute atomic E-state index is 12.9. The summed E-state index contributed by atoms with van der Waals surface area (Å²) >= 11 is 0. The maximum atomic E-state index is 12.9. The van der Waals surface area contributed by atoms with Gasteiger partial charge in [0.2, 0.25) is 5.91 Å². The normalized spacial score (nSPS) is 22.2. The molecular weight excluding hydrogens is 402 g/mol. The fourth-order valence-corrected chi connectivity index (χ4v) is 4.94. The molecule has 0 atom stereocenters. The van der Waals surface area contributed by atoms with Gasteiger partial charge in [0.15, 0.2) is 0 Å². The highest BCUT2D eigenvalue weighted by Gasteiger charge is 2.28. The third-order valence-electron chi connectivity index (χ3n) is 6.85. The van der Waals surface area contributed by atoms with Crippen LogP contribution in [0.15, 0.2) is 42.9 Å². The van der Waals surface area contributed by atoms with E-state index in [4.69, 9.17) is 4.74 Å². The van der Waals surface area contributed by atoms with Gasteiger partial charge in [0.1, 0.15) is 5.82 Å². The fraction of sp³-hybridized carbons (Fsp3) is 0.480. The lowest BCUT2D eigenvalue weighted by Crippen LogP contribution is -2.40. The SMILES string of the molecule is Cn1cc(-c2ccc3cnc(NC(=O)[C@H]4CC[C@@H](CN5CCOCC5)CC4)cc3c2)cn1. The molecule has 0 radical (unpaired) electrons. The number of aryl methyl sites for hydroxylation is 1. The Morgan fingerprint density at radius 3 is 2.62 bits per heavy atom. The van der Waals surface area contributed by atoms with Gasteiger partial charge < -0.3 is 10.1 Å². The zero-order valence-electron chi connectivity index (χ0n) is 18.7. The number of fused-ring (bicyclic) bond motifs is 1. The van der Waals surface area contributed by atoms with Crippen LogP contribution in [0, 0.1) is 11.8 Å². The monoisotopic (exact) mass is 433 g/mol. The van der Waals surface area contributed by atoms with E-state index in [2.05, 4.69) is 38.5 Å². The van der Waals surface area contributed by atoms with Crippen molar-refractivity contribution in [2.45, 2.75) is 25.7 Å². The van der Waals surface area contributed by atoms with Crippen molar-refractivity contribution in [3.8, 4) is 11.1 Å². The number of carbonyl (C=O) groups excluding carboxylic acids is 1. The van der Waals surface area contributed by atoms with E-state index in [9.17, 15) is 4.79 Å². The number of nitrogens with one attached hydrogen (secondary N) is 1. The molecule has 7 heteroatoms. The summed E-state index contributed by atoms with van der Waals surface area (Å²) in [6.45, 7) is 4.91. The van der Waals surface area contributed by atoms with E-state index >= 15 is 0 Å². The van der Waals surface area contributed by atoms with Gasteiger partial charge in [-0.1, -0.05) is 12.1 Å². The van der Waals surface area contributed by atoms with E-state index in [-0.39, 0.29) is 11.8 Å². The minimum absolute atomic E-state index is 0.0789. The number of pyridine rings is 1. The first kappa shape index (κ1) is 21.1. The molecule has 2 aromatic heterocycles. The molecule has 1 aromatic carbocycles. The molecule has 1 aliphatic carbocycles. The van der Waals surface area contributed by atoms with Crippen molar-refractivity contribution in [1.82, 2.24) is 19.7 Å². The molecule has 7 nitrogen and oxygen atoms in total. The molecule has 3 aromatic rings. The van der Waals surface area contributed by atoms with Crippen molar-refractivity contribution in [3.05, 3.63) is 42.9 Å². The summed E-state index contributed by atoms with van der Waals surface area (Å²) < 4.78 is 7.25. The lowest BCUT2D eigenvalue weighted by Gasteiger charge is -2.34. The third-order valence-corrected chi connectivity index (χ3v) is 6.85. The Bertz CT molecular complexity index is 1080. The van der Waals surface area contributed by atoms with E-state index in [1.807, 2.05) is 31.7 Å². The van der Waals surface area contributed by atoms with Gasteiger partial charge in [0.05, 0.1) is 19.4 Å². The van der Waals surface area contributed by atoms with Crippen LogP contribution in [0.25, 0.3) is 21.9 Å². The van der Waals surface area contributed by atoms with E-state index < -0.39 is 0 Å². The van der Waals surface area contributed by atoms with Crippen molar-refractivity contribution in [3.63, 3.8) is 0 Å². The van der Waals surface area contributed by atoms with Crippen molar-refractivity contribution in [2.24, 2.45) is 18.9 Å². The van der Waals surface area contributed by atoms with Crippen LogP contribution >= 0.6 is 0 Å². The molecule has 1 aliphatic heterocycles. The Balaban J connectivity index is 1.20. The van der Waals surface area contributed by atoms with Crippen LogP contribution in [0.2, 0.25) is 0 Å². The molecule has 2 aliphatic rings. The molecule has 3 heterocycles. The molecule has 1 N–H and O–H groups in total. The van der Waals surface area contributed by atoms with Crippen LogP contribution < -0.4 is 5.32 Å². The van der Waals surface area contributed by atoms with Gasteiger partial charge in [-0.2, -0.15) is 5.10 Å². The molecular formula is C25H31N5O2. The number of hydrogen-bond acceptors (Lipinski definition) is 5. The fourth-order valence-electron chi connectivity index (χ4n) is 4.94. The number of anilines is 1. The Morgan fingerprint density at radius 1 is 1.06 bits per heavy atom. The molecule has 1 saturated carbocycles. The predicted molar refractivity (Wildman–Crippen MR) is 125 cm³/mol. The van der Waals surface area contributed by atoms with Gasteiger partial charge in [-0.05, 0) is 54.7 Å². The predicted octanol–water partition coefficient (Wildman–Crippen LogP) is 3.71. The highest BCUT2D eigenvalue weighted by Crippen LogP contribution is 2.31. The third kappa shape index (κ3) is 4.84. The minimum Gasteiger partial charge on any atom is -0.379 e. The van der Waals surface area contributed by atoms with Crippen LogP contribution in [0.3, 0.4) is 0 Å². The van der Waals surface area contributed by atoms with E-state index in [0.29, 0.717) is 11.7 Å². The Labute approximate surface area is 188 Å². The number of hydrogen-bond donors (Lipinski definition) is 1. The highest BCUT2D eigenvalue weighted by atomic mass is 16.5. The van der Waals surface area contributed by atoms with Crippen molar-refractivity contribution in [1.29, 1.82) is 0 Å². The maximum Gasteiger partial charge on any atom is 0.228 e. The lowest BCUT2D eigenvalue weighted by atomic mass is 9.81. The largest absolute Gasteiger partial charge is 0.379 e. The van der Waals surface area contributed by atoms with Gasteiger partial charge in [0.25, 0.3) is 0 Å². The summed E-state index contributed by atoms with van der Waals surface area (Å²) in [4.78, 5) is 19.9. The first-order valence-electron chi connectivity index (χ1n) is 11.6. The molecule has 168 valence electrons. The molecule has 1 amide bonds. The van der Waals surface area contributed by atoms with Gasteiger partial charge in [-0.15, -0.1) is 0 Å². The average molecular weight is 434 g/mol. The van der Waals surface area contributed by atoms with Gasteiger partial charge in [-0.25, -0.2) is 4.98 Å². The first-order chi connectivity index (χ1) is 15.6. The molecule has 0 unspecified atom stereocenters. The van der Waals surface area contributed by atoms with Crippen LogP contribution in [-0.2, 0) is 16.6 Å². The summed E-state index contributed by atoms with van der Waals surface area (Å²) in [5, 5.41) is 9.44.